The minimum atomic E-state index is -1.19. The number of rotatable bonds is 17. The van der Waals surface area contributed by atoms with Crippen molar-refractivity contribution in [2.75, 3.05) is 73.3 Å². The number of nitrogens with zero attached hydrogens (tertiary/aromatic N) is 6. The zero-order valence-corrected chi connectivity index (χ0v) is 37.1. The number of likely N-dealkylation sites (tertiary alicyclic amines) is 2. The predicted molar refractivity (Wildman–Crippen MR) is 242 cm³/mol. The normalized spacial score (nSPS) is 17.2. The van der Waals surface area contributed by atoms with Gasteiger partial charge in [0.05, 0.1) is 39.4 Å². The van der Waals surface area contributed by atoms with E-state index in [-0.39, 0.29) is 23.7 Å². The molecule has 0 radical (unpaired) electrons. The van der Waals surface area contributed by atoms with E-state index in [0.29, 0.717) is 58.3 Å². The fourth-order valence-corrected chi connectivity index (χ4v) is 9.49. The summed E-state index contributed by atoms with van der Waals surface area (Å²) >= 11 is 6.57. The number of aryl methyl sites for hydroxylation is 1. The minimum Gasteiger partial charge on any atom is -0.489 e. The molecule has 4 aromatic rings. The highest BCUT2D eigenvalue weighted by atomic mass is 35.5. The van der Waals surface area contributed by atoms with Gasteiger partial charge in [-0.25, -0.2) is 4.98 Å². The van der Waals surface area contributed by atoms with Gasteiger partial charge in [-0.1, -0.05) is 37.6 Å². The summed E-state index contributed by atoms with van der Waals surface area (Å²) in [5, 5.41) is 9.21. The molecule has 0 bridgehead atoms. The lowest BCUT2D eigenvalue weighted by molar-refractivity contribution is -0.125. The third kappa shape index (κ3) is 10.2. The van der Waals surface area contributed by atoms with Crippen LogP contribution in [0, 0.1) is 6.92 Å². The Kier molecular flexibility index (Phi) is 13.9. The van der Waals surface area contributed by atoms with Crippen LogP contribution in [0.1, 0.15) is 64.0 Å². The van der Waals surface area contributed by atoms with Crippen LogP contribution < -0.4 is 30.5 Å². The average Bonchev–Trinajstić information content (AvgIpc) is 3.19. The van der Waals surface area contributed by atoms with Crippen molar-refractivity contribution in [3.05, 3.63) is 83.0 Å². The predicted octanol–water partition coefficient (Wildman–Crippen LogP) is 7.08. The van der Waals surface area contributed by atoms with Crippen molar-refractivity contribution in [1.29, 1.82) is 0 Å². The third-order valence-electron chi connectivity index (χ3n) is 11.8. The largest absolute Gasteiger partial charge is 0.489 e. The molecule has 3 fully saturated rings. The Bertz CT molecular complexity index is 2150. The molecular formula is C45H58ClN9O4S. The number of halogens is 1. The number of piperidine rings is 1. The van der Waals surface area contributed by atoms with Crippen molar-refractivity contribution in [2.45, 2.75) is 88.1 Å². The van der Waals surface area contributed by atoms with Crippen LogP contribution in [0.4, 0.5) is 34.5 Å². The number of ether oxygens (including phenoxy) is 1. The number of anilines is 6. The monoisotopic (exact) mass is 855 g/mol. The van der Waals surface area contributed by atoms with Gasteiger partial charge in [0, 0.05) is 74.9 Å². The Morgan fingerprint density at radius 1 is 0.967 bits per heavy atom. The van der Waals surface area contributed by atoms with E-state index in [1.807, 2.05) is 63.9 Å². The molecule has 0 saturated carbocycles. The molecule has 1 atom stereocenters. The lowest BCUT2D eigenvalue weighted by atomic mass is 9.85. The molecule has 13 nitrogen and oxygen atoms in total. The van der Waals surface area contributed by atoms with E-state index >= 15 is 0 Å². The number of para-hydroxylation sites is 1. The molecular weight excluding hydrogens is 798 g/mol. The molecule has 320 valence electrons. The molecule has 60 heavy (non-hydrogen) atoms. The van der Waals surface area contributed by atoms with Crippen molar-refractivity contribution in [3.63, 3.8) is 0 Å². The van der Waals surface area contributed by atoms with Gasteiger partial charge in [0.2, 0.25) is 18.3 Å². The van der Waals surface area contributed by atoms with Gasteiger partial charge in [-0.15, -0.1) is 0 Å². The number of amides is 2. The molecule has 1 unspecified atom stereocenters. The smallest absolute Gasteiger partial charge is 0.229 e. The van der Waals surface area contributed by atoms with Gasteiger partial charge >= 0.3 is 0 Å². The molecule has 3 saturated heterocycles. The number of hydrogen-bond donors (Lipinski definition) is 3. The molecule has 3 aliphatic heterocycles. The van der Waals surface area contributed by atoms with Crippen LogP contribution in [-0.4, -0.2) is 113 Å². The van der Waals surface area contributed by atoms with Gasteiger partial charge in [0.15, 0.2) is 5.82 Å². The molecule has 0 aliphatic carbocycles. The fourth-order valence-electron chi connectivity index (χ4n) is 8.30. The summed E-state index contributed by atoms with van der Waals surface area (Å²) < 4.78 is 19.4. The van der Waals surface area contributed by atoms with Crippen LogP contribution in [-0.2, 0) is 20.4 Å². The Balaban J connectivity index is 0.911. The maximum atomic E-state index is 13.0. The van der Waals surface area contributed by atoms with Crippen molar-refractivity contribution < 1.29 is 18.5 Å². The van der Waals surface area contributed by atoms with Gasteiger partial charge in [-0.3, -0.25) is 28.9 Å². The first kappa shape index (κ1) is 43.3. The molecule has 3 aromatic carbocycles. The maximum absolute atomic E-state index is 13.0. The lowest BCUT2D eigenvalue weighted by Crippen LogP contribution is -2.70. The van der Waals surface area contributed by atoms with Crippen LogP contribution in [0.25, 0.3) is 0 Å². The van der Waals surface area contributed by atoms with E-state index in [1.165, 1.54) is 16.8 Å². The topological polar surface area (TPSA) is 135 Å². The van der Waals surface area contributed by atoms with Crippen molar-refractivity contribution in [2.24, 2.45) is 0 Å². The zero-order valence-electron chi connectivity index (χ0n) is 35.5. The first-order valence-corrected chi connectivity index (χ1v) is 22.6. The SMILES string of the molecule is Cc1cc(Nc2ncc(Cl)c(Nc3ccccc3S(=O)C(C)C)n2)c(OC(C)C)cc1C1CCN(C2CN(C3CN(c4ccc(N(C)CCC(=O)NC=O)cc4)C3)C2)CC1. The standard InChI is InChI=1S/C45H58ClN9O4S/c1-29(2)59-41-22-37(31(5)21-40(41)50-45-47-23-38(46)44(51-45)49-39-9-7-8-10-42(39)60(58)30(3)4)32-15-19-53(20-16-32)35-24-55(25-35)36-26-54(27-36)34-13-11-33(12-14-34)52(6)18-17-43(57)48-28-56/h7-14,21-23,28-30,32,35-36H,15-20,24-27H2,1-6H3,(H,48,56,57)(H2,47,49,50,51). The number of nitrogens with one attached hydrogen (secondary N) is 3. The molecule has 15 heteroatoms. The minimum absolute atomic E-state index is 0.0234. The Labute approximate surface area is 361 Å². The third-order valence-corrected chi connectivity index (χ3v) is 13.7. The number of hydrogen-bond acceptors (Lipinski definition) is 12. The highest BCUT2D eigenvalue weighted by molar-refractivity contribution is 7.85. The number of carbonyl (C=O) groups is 2. The highest BCUT2D eigenvalue weighted by Gasteiger charge is 2.41. The highest BCUT2D eigenvalue weighted by Crippen LogP contribution is 2.40. The second-order valence-electron chi connectivity index (χ2n) is 16.7. The zero-order chi connectivity index (χ0) is 42.5. The molecule has 0 spiro atoms. The molecule has 2 amide bonds. The van der Waals surface area contributed by atoms with Crippen LogP contribution >= 0.6 is 11.6 Å². The number of aromatic nitrogens is 2. The fraction of sp³-hybridized carbons (Fsp3) is 0.467. The molecule has 4 heterocycles. The van der Waals surface area contributed by atoms with Crippen molar-refractivity contribution in [1.82, 2.24) is 25.1 Å². The van der Waals surface area contributed by atoms with Crippen molar-refractivity contribution in [3.8, 4) is 5.75 Å². The Morgan fingerprint density at radius 2 is 1.67 bits per heavy atom. The molecule has 3 aliphatic rings. The van der Waals surface area contributed by atoms with E-state index in [2.05, 4.69) is 79.0 Å². The summed E-state index contributed by atoms with van der Waals surface area (Å²) in [6.07, 6.45) is 4.46. The first-order chi connectivity index (χ1) is 28.9. The summed E-state index contributed by atoms with van der Waals surface area (Å²) in [6.45, 7) is 17.2. The number of imide groups is 1. The quantitative estimate of drug-likeness (QED) is 0.0938. The Morgan fingerprint density at radius 3 is 2.35 bits per heavy atom. The van der Waals surface area contributed by atoms with Gasteiger partial charge in [0.25, 0.3) is 0 Å². The molecule has 1 aromatic heterocycles. The lowest BCUT2D eigenvalue weighted by Gasteiger charge is -2.55. The molecule has 7 rings (SSSR count). The van der Waals surface area contributed by atoms with E-state index < -0.39 is 10.8 Å². The summed E-state index contributed by atoms with van der Waals surface area (Å²) in [6, 6.07) is 21.6. The summed E-state index contributed by atoms with van der Waals surface area (Å²) in [5.41, 5.74) is 6.29. The maximum Gasteiger partial charge on any atom is 0.229 e. The second-order valence-corrected chi connectivity index (χ2v) is 19.1. The van der Waals surface area contributed by atoms with Gasteiger partial charge in [-0.2, -0.15) is 4.98 Å². The van der Waals surface area contributed by atoms with Crippen LogP contribution in [0.5, 0.6) is 5.75 Å². The van der Waals surface area contributed by atoms with Gasteiger partial charge < -0.3 is 25.2 Å². The summed E-state index contributed by atoms with van der Waals surface area (Å²) in [4.78, 5) is 41.8. The number of carbonyl (C=O) groups excluding carboxylic acids is 2. The summed E-state index contributed by atoms with van der Waals surface area (Å²) in [7, 11) is 0.762. The summed E-state index contributed by atoms with van der Waals surface area (Å²) in [5.74, 6) is 1.74. The van der Waals surface area contributed by atoms with E-state index in [1.54, 1.807) is 6.20 Å². The van der Waals surface area contributed by atoms with E-state index in [9.17, 15) is 13.8 Å². The average molecular weight is 857 g/mol. The number of benzene rings is 3. The van der Waals surface area contributed by atoms with E-state index in [0.717, 1.165) is 69.2 Å². The van der Waals surface area contributed by atoms with Gasteiger partial charge in [-0.05, 0) is 112 Å². The second kappa shape index (κ2) is 19.3. The van der Waals surface area contributed by atoms with Crippen LogP contribution in [0.2, 0.25) is 5.02 Å². The van der Waals surface area contributed by atoms with Crippen LogP contribution in [0.3, 0.4) is 0 Å². The first-order valence-electron chi connectivity index (χ1n) is 21.0. The Hall–Kier alpha value is -4.76. The molecule has 3 N–H and O–H groups in total. The van der Waals surface area contributed by atoms with Crippen molar-refractivity contribution >= 4 is 69.2 Å². The van der Waals surface area contributed by atoms with Crippen LogP contribution in [0.15, 0.2) is 71.8 Å². The van der Waals surface area contributed by atoms with Gasteiger partial charge in [0.1, 0.15) is 10.8 Å². The van der Waals surface area contributed by atoms with E-state index in [4.69, 9.17) is 21.3 Å².